The van der Waals surface area contributed by atoms with Crippen molar-refractivity contribution < 1.29 is 4.79 Å². The molecule has 0 spiro atoms. The number of nitrogens with zero attached hydrogens (tertiary/aromatic N) is 2. The van der Waals surface area contributed by atoms with Crippen molar-refractivity contribution in [3.8, 4) is 0 Å². The first kappa shape index (κ1) is 10.7. The minimum absolute atomic E-state index is 0.0173. The summed E-state index contributed by atoms with van der Waals surface area (Å²) in [5, 5.41) is 2.63. The highest BCUT2D eigenvalue weighted by Gasteiger charge is 2.16. The van der Waals surface area contributed by atoms with E-state index in [2.05, 4.69) is 16.4 Å². The average molecular weight is 217 g/mol. The zero-order chi connectivity index (χ0) is 11.4. The fraction of sp³-hybridized carbons (Fsp3) is 0.333. The third-order valence-electron chi connectivity index (χ3n) is 2.70. The van der Waals surface area contributed by atoms with Crippen molar-refractivity contribution in [1.29, 1.82) is 0 Å². The largest absolute Gasteiger partial charge is 0.341 e. The maximum absolute atomic E-state index is 11.4. The lowest BCUT2D eigenvalue weighted by atomic mass is 10.0. The zero-order valence-electron chi connectivity index (χ0n) is 9.31. The Morgan fingerprint density at radius 3 is 2.94 bits per heavy atom. The van der Waals surface area contributed by atoms with E-state index in [1.165, 1.54) is 5.57 Å². The number of carbonyl (C=O) groups is 1. The Morgan fingerprint density at radius 2 is 2.38 bits per heavy atom. The molecule has 0 fully saturated rings. The van der Waals surface area contributed by atoms with Crippen molar-refractivity contribution >= 4 is 11.6 Å². The van der Waals surface area contributed by atoms with Crippen molar-refractivity contribution in [2.75, 3.05) is 20.1 Å². The molecule has 0 atom stereocenters. The van der Waals surface area contributed by atoms with Crippen molar-refractivity contribution in [3.05, 3.63) is 36.2 Å². The number of hydrogen-bond donors (Lipinski definition) is 1. The number of amides is 2. The summed E-state index contributed by atoms with van der Waals surface area (Å²) in [7, 11) is 1.65. The van der Waals surface area contributed by atoms with Gasteiger partial charge in [0.25, 0.3) is 0 Å². The number of aromatic nitrogens is 1. The van der Waals surface area contributed by atoms with Gasteiger partial charge in [-0.1, -0.05) is 12.1 Å². The van der Waals surface area contributed by atoms with Crippen LogP contribution in [0.5, 0.6) is 0 Å². The van der Waals surface area contributed by atoms with E-state index in [0.717, 1.165) is 18.7 Å². The molecule has 0 aliphatic carbocycles. The highest BCUT2D eigenvalue weighted by molar-refractivity contribution is 5.76. The number of pyridine rings is 1. The van der Waals surface area contributed by atoms with Crippen molar-refractivity contribution in [2.24, 2.45) is 0 Å². The summed E-state index contributed by atoms with van der Waals surface area (Å²) in [6, 6.07) is 5.87. The van der Waals surface area contributed by atoms with Gasteiger partial charge in [-0.15, -0.1) is 0 Å². The molecule has 1 aromatic heterocycles. The van der Waals surface area contributed by atoms with Crippen LogP contribution in [0.15, 0.2) is 30.5 Å². The van der Waals surface area contributed by atoms with Gasteiger partial charge in [0.2, 0.25) is 0 Å². The summed E-state index contributed by atoms with van der Waals surface area (Å²) in [6.07, 6.45) is 4.73. The molecule has 0 saturated carbocycles. The SMILES string of the molecule is CNC(=O)N1CC=C(c2ccccn2)CC1. The standard InChI is InChI=1S/C12H15N3O/c1-13-12(16)15-8-5-10(6-9-15)11-4-2-3-7-14-11/h2-5,7H,6,8-9H2,1H3,(H,13,16). The molecule has 1 aliphatic heterocycles. The van der Waals surface area contributed by atoms with E-state index in [9.17, 15) is 4.79 Å². The summed E-state index contributed by atoms with van der Waals surface area (Å²) in [5.74, 6) is 0. The fourth-order valence-corrected chi connectivity index (χ4v) is 1.80. The lowest BCUT2D eigenvalue weighted by Gasteiger charge is -2.25. The Hall–Kier alpha value is -1.84. The van der Waals surface area contributed by atoms with Gasteiger partial charge in [0.05, 0.1) is 5.69 Å². The zero-order valence-corrected chi connectivity index (χ0v) is 9.31. The van der Waals surface area contributed by atoms with Crippen LogP contribution in [0.3, 0.4) is 0 Å². The maximum Gasteiger partial charge on any atom is 0.317 e. The van der Waals surface area contributed by atoms with Crippen LogP contribution < -0.4 is 5.32 Å². The van der Waals surface area contributed by atoms with Gasteiger partial charge < -0.3 is 10.2 Å². The number of carbonyl (C=O) groups excluding carboxylic acids is 1. The Morgan fingerprint density at radius 1 is 1.50 bits per heavy atom. The average Bonchev–Trinajstić information content (AvgIpc) is 2.39. The number of hydrogen-bond acceptors (Lipinski definition) is 2. The van der Waals surface area contributed by atoms with E-state index < -0.39 is 0 Å². The molecule has 0 saturated heterocycles. The first-order valence-electron chi connectivity index (χ1n) is 5.38. The van der Waals surface area contributed by atoms with Crippen LogP contribution in [0.25, 0.3) is 5.57 Å². The van der Waals surface area contributed by atoms with Gasteiger partial charge in [0.1, 0.15) is 0 Å². The van der Waals surface area contributed by atoms with Crippen LogP contribution in [0.1, 0.15) is 12.1 Å². The summed E-state index contributed by atoms with van der Waals surface area (Å²) >= 11 is 0. The first-order chi connectivity index (χ1) is 7.81. The highest BCUT2D eigenvalue weighted by atomic mass is 16.2. The predicted octanol–water partition coefficient (Wildman–Crippen LogP) is 1.51. The molecular weight excluding hydrogens is 202 g/mol. The first-order valence-corrected chi connectivity index (χ1v) is 5.38. The third-order valence-corrected chi connectivity index (χ3v) is 2.70. The molecule has 0 aromatic carbocycles. The summed E-state index contributed by atoms with van der Waals surface area (Å²) in [6.45, 7) is 1.41. The van der Waals surface area contributed by atoms with Gasteiger partial charge in [-0.25, -0.2) is 4.79 Å². The van der Waals surface area contributed by atoms with Crippen LogP contribution in [0.2, 0.25) is 0 Å². The molecule has 0 radical (unpaired) electrons. The summed E-state index contributed by atoms with van der Waals surface area (Å²) < 4.78 is 0. The van der Waals surface area contributed by atoms with Crippen LogP contribution >= 0.6 is 0 Å². The topological polar surface area (TPSA) is 45.2 Å². The molecule has 2 rings (SSSR count). The van der Waals surface area contributed by atoms with Crippen LogP contribution in [0, 0.1) is 0 Å². The Labute approximate surface area is 95.0 Å². The molecule has 1 N–H and O–H groups in total. The smallest absolute Gasteiger partial charge is 0.317 e. The lowest BCUT2D eigenvalue weighted by molar-refractivity contribution is 0.205. The van der Waals surface area contributed by atoms with E-state index in [0.29, 0.717) is 6.54 Å². The van der Waals surface area contributed by atoms with Gasteiger partial charge >= 0.3 is 6.03 Å². The van der Waals surface area contributed by atoms with Gasteiger partial charge in [-0.2, -0.15) is 0 Å². The molecule has 2 amide bonds. The van der Waals surface area contributed by atoms with E-state index in [1.54, 1.807) is 18.1 Å². The molecule has 4 heteroatoms. The third kappa shape index (κ3) is 2.21. The Kier molecular flexibility index (Phi) is 3.19. The maximum atomic E-state index is 11.4. The van der Waals surface area contributed by atoms with Crippen molar-refractivity contribution in [1.82, 2.24) is 15.2 Å². The van der Waals surface area contributed by atoms with Crippen LogP contribution in [0.4, 0.5) is 4.79 Å². The van der Waals surface area contributed by atoms with Crippen molar-refractivity contribution in [2.45, 2.75) is 6.42 Å². The summed E-state index contributed by atoms with van der Waals surface area (Å²) in [5.41, 5.74) is 2.24. The molecule has 1 aromatic rings. The second-order valence-corrected chi connectivity index (χ2v) is 3.70. The van der Waals surface area contributed by atoms with E-state index in [-0.39, 0.29) is 6.03 Å². The second kappa shape index (κ2) is 4.79. The van der Waals surface area contributed by atoms with Gasteiger partial charge in [0, 0.05) is 26.3 Å². The minimum Gasteiger partial charge on any atom is -0.341 e. The molecule has 84 valence electrons. The minimum atomic E-state index is -0.0173. The molecular formula is C12H15N3O. The molecule has 0 bridgehead atoms. The van der Waals surface area contributed by atoms with Gasteiger partial charge in [-0.05, 0) is 24.1 Å². The van der Waals surface area contributed by atoms with Crippen LogP contribution in [-0.4, -0.2) is 36.1 Å². The van der Waals surface area contributed by atoms with Gasteiger partial charge in [0.15, 0.2) is 0 Å². The summed E-state index contributed by atoms with van der Waals surface area (Å²) in [4.78, 5) is 17.5. The predicted molar refractivity (Wildman–Crippen MR) is 62.9 cm³/mol. The molecule has 4 nitrogen and oxygen atoms in total. The number of urea groups is 1. The second-order valence-electron chi connectivity index (χ2n) is 3.70. The van der Waals surface area contributed by atoms with E-state index in [1.807, 2.05) is 18.2 Å². The van der Waals surface area contributed by atoms with Crippen LogP contribution in [-0.2, 0) is 0 Å². The molecule has 16 heavy (non-hydrogen) atoms. The fourth-order valence-electron chi connectivity index (χ4n) is 1.80. The van der Waals surface area contributed by atoms with Gasteiger partial charge in [-0.3, -0.25) is 4.98 Å². The van der Waals surface area contributed by atoms with E-state index >= 15 is 0 Å². The molecule has 0 unspecified atom stereocenters. The van der Waals surface area contributed by atoms with Crippen molar-refractivity contribution in [3.63, 3.8) is 0 Å². The normalized spacial score (nSPS) is 15.6. The molecule has 2 heterocycles. The Balaban J connectivity index is 2.07. The van der Waals surface area contributed by atoms with E-state index in [4.69, 9.17) is 0 Å². The number of nitrogens with one attached hydrogen (secondary N) is 1. The number of rotatable bonds is 1. The Bertz CT molecular complexity index is 400. The monoisotopic (exact) mass is 217 g/mol. The lowest BCUT2D eigenvalue weighted by Crippen LogP contribution is -2.40. The molecule has 1 aliphatic rings. The highest BCUT2D eigenvalue weighted by Crippen LogP contribution is 2.19. The quantitative estimate of drug-likeness (QED) is 0.775.